The average molecular weight is 153 g/mol. The van der Waals surface area contributed by atoms with Crippen LogP contribution in [0, 0.1) is 10.1 Å². The van der Waals surface area contributed by atoms with Gasteiger partial charge in [0.2, 0.25) is 0 Å². The Balaban J connectivity index is 2.78. The molecule has 0 radical (unpaired) electrons. The van der Waals surface area contributed by atoms with Gasteiger partial charge in [-0.05, 0) is 4.92 Å². The van der Waals surface area contributed by atoms with E-state index in [1.165, 1.54) is 16.8 Å². The van der Waals surface area contributed by atoms with Crippen molar-refractivity contribution in [3.63, 3.8) is 0 Å². The molecule has 0 amide bonds. The van der Waals surface area contributed by atoms with Crippen LogP contribution in [0.25, 0.3) is 5.84 Å². The van der Waals surface area contributed by atoms with Crippen molar-refractivity contribution in [3.05, 3.63) is 28.8 Å². The van der Waals surface area contributed by atoms with Crippen LogP contribution in [0.1, 0.15) is 0 Å². The summed E-state index contributed by atoms with van der Waals surface area (Å²) in [6.07, 6.45) is 3.96. The molecule has 0 unspecified atom stereocenters. The second-order valence-electron chi connectivity index (χ2n) is 1.93. The van der Waals surface area contributed by atoms with Crippen LogP contribution in [0.4, 0.5) is 5.82 Å². The quantitative estimate of drug-likeness (QED) is 0.449. The van der Waals surface area contributed by atoms with Gasteiger partial charge in [0.15, 0.2) is 6.26 Å². The van der Waals surface area contributed by atoms with Crippen LogP contribution in [-0.4, -0.2) is 14.3 Å². The lowest BCUT2D eigenvalue weighted by Crippen LogP contribution is -1.90. The highest BCUT2D eigenvalue weighted by atomic mass is 16.6. The maximum absolute atomic E-state index is 10.3. The fraction of sp³-hybridized carbons (Fsp3) is 0. The van der Waals surface area contributed by atoms with Gasteiger partial charge in [0.05, 0.1) is 6.20 Å². The molecule has 2 heterocycles. The van der Waals surface area contributed by atoms with E-state index in [-0.39, 0.29) is 11.7 Å². The van der Waals surface area contributed by atoms with Crippen LogP contribution in [0.3, 0.4) is 0 Å². The van der Waals surface area contributed by atoms with Crippen molar-refractivity contribution in [2.45, 2.75) is 0 Å². The van der Waals surface area contributed by atoms with Crippen LogP contribution >= 0.6 is 0 Å². The predicted octanol–water partition coefficient (Wildman–Crippen LogP) is 0.835. The summed E-state index contributed by atoms with van der Waals surface area (Å²) in [5.41, 5.74) is 0. The third-order valence-electron chi connectivity index (χ3n) is 1.31. The fourth-order valence-corrected chi connectivity index (χ4v) is 0.844. The highest BCUT2D eigenvalue weighted by Crippen LogP contribution is 2.14. The highest BCUT2D eigenvalue weighted by molar-refractivity contribution is 5.32. The third kappa shape index (κ3) is 0.689. The number of aromatic nitrogens is 2. The lowest BCUT2D eigenvalue weighted by atomic mass is 10.8. The molecule has 0 fully saturated rings. The van der Waals surface area contributed by atoms with E-state index in [2.05, 4.69) is 4.98 Å². The first kappa shape index (κ1) is 5.90. The minimum absolute atomic E-state index is 0.113. The van der Waals surface area contributed by atoms with Crippen molar-refractivity contribution in [1.29, 1.82) is 0 Å². The van der Waals surface area contributed by atoms with Gasteiger partial charge >= 0.3 is 11.7 Å². The zero-order valence-electron chi connectivity index (χ0n) is 5.30. The van der Waals surface area contributed by atoms with Gasteiger partial charge in [-0.3, -0.25) is 0 Å². The number of hydrogen-bond acceptors (Lipinski definition) is 4. The Hall–Kier alpha value is -1.85. The molecular weight excluding hydrogens is 150 g/mol. The van der Waals surface area contributed by atoms with Crippen LogP contribution in [0.2, 0.25) is 0 Å². The molecule has 11 heavy (non-hydrogen) atoms. The van der Waals surface area contributed by atoms with E-state index in [0.717, 1.165) is 6.26 Å². The topological polar surface area (TPSA) is 73.6 Å². The number of rotatable bonds is 1. The molecule has 2 aromatic rings. The van der Waals surface area contributed by atoms with Crippen LogP contribution in [0.5, 0.6) is 0 Å². The van der Waals surface area contributed by atoms with E-state index >= 15 is 0 Å². The first-order chi connectivity index (χ1) is 5.29. The molecule has 0 aliphatic heterocycles. The molecule has 6 heteroatoms. The number of oxazole rings is 1. The minimum Gasteiger partial charge on any atom is -0.407 e. The Bertz CT molecular complexity index is 402. The second kappa shape index (κ2) is 1.82. The normalized spacial score (nSPS) is 10.5. The first-order valence-electron chi connectivity index (χ1n) is 2.84. The number of nitro groups is 1. The Morgan fingerprint density at radius 3 is 3.27 bits per heavy atom. The summed E-state index contributed by atoms with van der Waals surface area (Å²) < 4.78 is 6.02. The predicted molar refractivity (Wildman–Crippen MR) is 34.1 cm³/mol. The zero-order valence-corrected chi connectivity index (χ0v) is 5.30. The summed E-state index contributed by atoms with van der Waals surface area (Å²) >= 11 is 0. The standard InChI is InChI=1S/C5H3N3O3/c9-8(10)4-3-11-5-6-1-2-7(4)5/h1-3H. The molecule has 56 valence electrons. The van der Waals surface area contributed by atoms with Gasteiger partial charge in [-0.15, -0.1) is 4.40 Å². The van der Waals surface area contributed by atoms with Crippen molar-refractivity contribution in [2.75, 3.05) is 0 Å². The monoisotopic (exact) mass is 153 g/mol. The Kier molecular flexibility index (Phi) is 0.974. The molecule has 0 spiro atoms. The summed E-state index contributed by atoms with van der Waals surface area (Å²) in [6.45, 7) is 0. The zero-order chi connectivity index (χ0) is 7.84. The largest absolute Gasteiger partial charge is 0.407 e. The van der Waals surface area contributed by atoms with E-state index in [4.69, 9.17) is 4.42 Å². The molecular formula is C5H3N3O3. The Labute approximate surface area is 60.2 Å². The molecule has 0 aromatic carbocycles. The van der Waals surface area contributed by atoms with Gasteiger partial charge in [-0.1, -0.05) is 0 Å². The number of nitrogens with zero attached hydrogens (tertiary/aromatic N) is 3. The number of fused-ring (bicyclic) bond motifs is 1. The molecule has 0 saturated heterocycles. The summed E-state index contributed by atoms with van der Waals surface area (Å²) in [6, 6.07) is 0. The van der Waals surface area contributed by atoms with Gasteiger partial charge in [0, 0.05) is 0 Å². The number of imidazole rings is 1. The SMILES string of the molecule is O=[N+]([O-])c1coc2nccn12. The van der Waals surface area contributed by atoms with E-state index in [9.17, 15) is 10.1 Å². The lowest BCUT2D eigenvalue weighted by molar-refractivity contribution is -0.390. The van der Waals surface area contributed by atoms with E-state index < -0.39 is 4.92 Å². The smallest absolute Gasteiger partial charge is 0.400 e. The fourth-order valence-electron chi connectivity index (χ4n) is 0.844. The molecule has 0 aliphatic carbocycles. The van der Waals surface area contributed by atoms with Crippen molar-refractivity contribution in [3.8, 4) is 0 Å². The van der Waals surface area contributed by atoms with Crippen molar-refractivity contribution >= 4 is 11.7 Å². The second-order valence-corrected chi connectivity index (χ2v) is 1.93. The van der Waals surface area contributed by atoms with Crippen molar-refractivity contribution < 1.29 is 9.34 Å². The van der Waals surface area contributed by atoms with Gasteiger partial charge in [0.1, 0.15) is 6.20 Å². The summed E-state index contributed by atoms with van der Waals surface area (Å²) in [5.74, 6) is 0.120. The molecule has 0 N–H and O–H groups in total. The number of hydrogen-bond donors (Lipinski definition) is 0. The van der Waals surface area contributed by atoms with Gasteiger partial charge in [-0.2, -0.15) is 4.98 Å². The molecule has 0 aliphatic rings. The maximum atomic E-state index is 10.3. The lowest BCUT2D eigenvalue weighted by Gasteiger charge is -1.85. The molecule has 2 aromatic heterocycles. The highest BCUT2D eigenvalue weighted by Gasteiger charge is 2.15. The first-order valence-corrected chi connectivity index (χ1v) is 2.84. The van der Waals surface area contributed by atoms with E-state index in [1.807, 2.05) is 0 Å². The molecule has 0 atom stereocenters. The third-order valence-corrected chi connectivity index (χ3v) is 1.31. The molecule has 6 nitrogen and oxygen atoms in total. The van der Waals surface area contributed by atoms with Crippen molar-refractivity contribution in [1.82, 2.24) is 9.38 Å². The summed E-state index contributed by atoms with van der Waals surface area (Å²) in [4.78, 5) is 13.5. The summed E-state index contributed by atoms with van der Waals surface area (Å²) in [5, 5.41) is 10.3. The van der Waals surface area contributed by atoms with Crippen LogP contribution < -0.4 is 0 Å². The van der Waals surface area contributed by atoms with Gasteiger partial charge in [0.25, 0.3) is 0 Å². The molecule has 2 rings (SSSR count). The maximum Gasteiger partial charge on any atom is 0.400 e. The average Bonchev–Trinajstić information content (AvgIpc) is 2.41. The minimum atomic E-state index is -0.530. The van der Waals surface area contributed by atoms with Gasteiger partial charge in [-0.25, -0.2) is 0 Å². The molecule has 0 saturated carbocycles. The van der Waals surface area contributed by atoms with E-state index in [1.54, 1.807) is 0 Å². The van der Waals surface area contributed by atoms with Crippen molar-refractivity contribution in [2.24, 2.45) is 0 Å². The van der Waals surface area contributed by atoms with Crippen LogP contribution in [0.15, 0.2) is 23.1 Å². The van der Waals surface area contributed by atoms with E-state index in [0.29, 0.717) is 0 Å². The van der Waals surface area contributed by atoms with Gasteiger partial charge < -0.3 is 14.5 Å². The Morgan fingerprint density at radius 2 is 2.55 bits per heavy atom. The molecule has 0 bridgehead atoms. The Morgan fingerprint density at radius 1 is 1.73 bits per heavy atom. The summed E-state index contributed by atoms with van der Waals surface area (Å²) in [7, 11) is 0. The van der Waals surface area contributed by atoms with Crippen LogP contribution in [-0.2, 0) is 0 Å².